The first-order valence-electron chi connectivity index (χ1n) is 7.93. The Balaban J connectivity index is 2.01. The van der Waals surface area contributed by atoms with Gasteiger partial charge in [0, 0.05) is 11.6 Å². The van der Waals surface area contributed by atoms with Gasteiger partial charge in [-0.3, -0.25) is 4.79 Å². The van der Waals surface area contributed by atoms with Crippen molar-refractivity contribution < 1.29 is 9.53 Å². The van der Waals surface area contributed by atoms with Crippen LogP contribution in [0.3, 0.4) is 0 Å². The summed E-state index contributed by atoms with van der Waals surface area (Å²) in [5, 5.41) is 6.83. The van der Waals surface area contributed by atoms with Crippen LogP contribution in [0.2, 0.25) is 0 Å². The molecule has 2 rings (SSSR count). The Bertz CT molecular complexity index is 589. The van der Waals surface area contributed by atoms with E-state index in [-0.39, 0.29) is 24.0 Å². The topological polar surface area (TPSA) is 53.6 Å². The van der Waals surface area contributed by atoms with Gasteiger partial charge in [-0.05, 0) is 58.5 Å². The Hall–Kier alpha value is -1.82. The van der Waals surface area contributed by atoms with Crippen LogP contribution in [0.15, 0.2) is 24.3 Å². The standard InChI is InChI=1S/C17H25N3O2S/c1-5-22-14-9-7-6-8-13(14)18-15(21)11-20-12(2)10-17(3,4)19-16(20)23/h6-9,12H,5,10-11H2,1-4H3,(H,18,21)(H,19,23)/t12-/m0/s1. The fraction of sp³-hybridized carbons (Fsp3) is 0.529. The predicted molar refractivity (Wildman–Crippen MR) is 96.8 cm³/mol. The van der Waals surface area contributed by atoms with E-state index in [1.54, 1.807) is 0 Å². The zero-order valence-electron chi connectivity index (χ0n) is 14.2. The minimum absolute atomic E-state index is 0.0367. The zero-order valence-corrected chi connectivity index (χ0v) is 15.0. The van der Waals surface area contributed by atoms with Gasteiger partial charge >= 0.3 is 0 Å². The van der Waals surface area contributed by atoms with Crippen LogP contribution in [-0.4, -0.2) is 40.7 Å². The number of benzene rings is 1. The molecule has 23 heavy (non-hydrogen) atoms. The van der Waals surface area contributed by atoms with Crippen LogP contribution in [-0.2, 0) is 4.79 Å². The number of anilines is 1. The van der Waals surface area contributed by atoms with Gasteiger partial charge in [0.1, 0.15) is 5.75 Å². The van der Waals surface area contributed by atoms with Crippen LogP contribution in [0.5, 0.6) is 5.75 Å². The third kappa shape index (κ3) is 4.58. The van der Waals surface area contributed by atoms with Gasteiger partial charge in [0.15, 0.2) is 5.11 Å². The van der Waals surface area contributed by atoms with E-state index >= 15 is 0 Å². The first-order chi connectivity index (χ1) is 10.8. The highest BCUT2D eigenvalue weighted by Crippen LogP contribution is 2.25. The van der Waals surface area contributed by atoms with Gasteiger partial charge in [-0.15, -0.1) is 0 Å². The highest BCUT2D eigenvalue weighted by Gasteiger charge is 2.33. The number of para-hydroxylation sites is 2. The number of nitrogens with zero attached hydrogens (tertiary/aromatic N) is 1. The Morgan fingerprint density at radius 3 is 2.83 bits per heavy atom. The van der Waals surface area contributed by atoms with Gasteiger partial charge in [-0.2, -0.15) is 0 Å². The van der Waals surface area contributed by atoms with Crippen molar-refractivity contribution in [3.8, 4) is 5.75 Å². The minimum Gasteiger partial charge on any atom is -0.492 e. The Morgan fingerprint density at radius 2 is 2.17 bits per heavy atom. The lowest BCUT2D eigenvalue weighted by atomic mass is 9.93. The molecular weight excluding hydrogens is 310 g/mol. The molecule has 0 radical (unpaired) electrons. The molecule has 1 saturated heterocycles. The number of carbonyl (C=O) groups is 1. The Labute approximate surface area is 143 Å². The van der Waals surface area contributed by atoms with Gasteiger partial charge in [-0.1, -0.05) is 12.1 Å². The second-order valence-electron chi connectivity index (χ2n) is 6.47. The van der Waals surface area contributed by atoms with E-state index < -0.39 is 0 Å². The van der Waals surface area contributed by atoms with Crippen LogP contribution in [0.25, 0.3) is 0 Å². The molecule has 1 aromatic rings. The molecule has 0 aromatic heterocycles. The lowest BCUT2D eigenvalue weighted by Gasteiger charge is -2.44. The molecule has 1 aliphatic heterocycles. The second-order valence-corrected chi connectivity index (χ2v) is 6.86. The number of nitrogens with one attached hydrogen (secondary N) is 2. The maximum atomic E-state index is 12.4. The summed E-state index contributed by atoms with van der Waals surface area (Å²) in [6.45, 7) is 9.02. The minimum atomic E-state index is -0.104. The van der Waals surface area contributed by atoms with Gasteiger partial charge in [-0.25, -0.2) is 0 Å². The molecule has 1 amide bonds. The number of amides is 1. The van der Waals surface area contributed by atoms with Gasteiger partial charge < -0.3 is 20.3 Å². The van der Waals surface area contributed by atoms with Crippen molar-refractivity contribution in [1.82, 2.24) is 10.2 Å². The number of hydrogen-bond acceptors (Lipinski definition) is 3. The summed E-state index contributed by atoms with van der Waals surface area (Å²) in [6.07, 6.45) is 0.927. The fourth-order valence-electron chi connectivity index (χ4n) is 2.88. The van der Waals surface area contributed by atoms with Crippen molar-refractivity contribution in [2.75, 3.05) is 18.5 Å². The Morgan fingerprint density at radius 1 is 1.48 bits per heavy atom. The summed E-state index contributed by atoms with van der Waals surface area (Å²) in [4.78, 5) is 14.3. The number of rotatable bonds is 5. The molecule has 1 atom stereocenters. The van der Waals surface area contributed by atoms with Gasteiger partial charge in [0.25, 0.3) is 0 Å². The van der Waals surface area contributed by atoms with Crippen molar-refractivity contribution in [3.05, 3.63) is 24.3 Å². The molecule has 0 aliphatic carbocycles. The summed E-state index contributed by atoms with van der Waals surface area (Å²) in [5.74, 6) is 0.574. The van der Waals surface area contributed by atoms with E-state index in [2.05, 4.69) is 31.4 Å². The summed E-state index contributed by atoms with van der Waals surface area (Å²) in [5.41, 5.74) is 0.647. The molecule has 0 spiro atoms. The number of thiocarbonyl (C=S) groups is 1. The third-order valence-corrected chi connectivity index (χ3v) is 4.16. The van der Waals surface area contributed by atoms with Gasteiger partial charge in [0.2, 0.25) is 5.91 Å². The average Bonchev–Trinajstić information content (AvgIpc) is 2.44. The molecule has 6 heteroatoms. The van der Waals surface area contributed by atoms with Crippen LogP contribution in [0.4, 0.5) is 5.69 Å². The molecule has 1 aromatic carbocycles. The molecule has 0 unspecified atom stereocenters. The molecule has 1 fully saturated rings. The third-order valence-electron chi connectivity index (χ3n) is 3.82. The van der Waals surface area contributed by atoms with Crippen LogP contribution in [0.1, 0.15) is 34.1 Å². The molecule has 5 nitrogen and oxygen atoms in total. The van der Waals surface area contributed by atoms with Crippen LogP contribution >= 0.6 is 12.2 Å². The smallest absolute Gasteiger partial charge is 0.244 e. The van der Waals surface area contributed by atoms with Crippen molar-refractivity contribution in [2.45, 2.75) is 45.7 Å². The van der Waals surface area contributed by atoms with E-state index in [0.29, 0.717) is 23.2 Å². The van der Waals surface area contributed by atoms with E-state index in [9.17, 15) is 4.79 Å². The quantitative estimate of drug-likeness (QED) is 0.811. The zero-order chi connectivity index (χ0) is 17.0. The normalized spacial score (nSPS) is 19.9. The van der Waals surface area contributed by atoms with E-state index in [0.717, 1.165) is 6.42 Å². The first-order valence-corrected chi connectivity index (χ1v) is 8.33. The van der Waals surface area contributed by atoms with Crippen LogP contribution in [0, 0.1) is 0 Å². The molecule has 0 saturated carbocycles. The molecule has 126 valence electrons. The maximum absolute atomic E-state index is 12.4. The largest absolute Gasteiger partial charge is 0.492 e. The average molecular weight is 335 g/mol. The summed E-state index contributed by atoms with van der Waals surface area (Å²) in [6, 6.07) is 7.65. The first kappa shape index (κ1) is 17.5. The number of hydrogen-bond donors (Lipinski definition) is 2. The summed E-state index contributed by atoms with van der Waals surface area (Å²) < 4.78 is 5.53. The highest BCUT2D eigenvalue weighted by molar-refractivity contribution is 7.80. The monoisotopic (exact) mass is 335 g/mol. The van der Waals surface area contributed by atoms with Crippen molar-refractivity contribution in [2.24, 2.45) is 0 Å². The predicted octanol–water partition coefficient (Wildman–Crippen LogP) is 2.77. The molecular formula is C17H25N3O2S. The van der Waals surface area contributed by atoms with E-state index in [1.807, 2.05) is 36.1 Å². The molecule has 1 aliphatic rings. The molecule has 0 bridgehead atoms. The second kappa shape index (κ2) is 7.17. The number of carbonyl (C=O) groups excluding carboxylic acids is 1. The Kier molecular flexibility index (Phi) is 5.46. The molecule has 2 N–H and O–H groups in total. The van der Waals surface area contributed by atoms with E-state index in [1.165, 1.54) is 0 Å². The summed E-state index contributed by atoms with van der Waals surface area (Å²) in [7, 11) is 0. The fourth-order valence-corrected chi connectivity index (χ4v) is 3.41. The van der Waals surface area contributed by atoms with Crippen molar-refractivity contribution in [3.63, 3.8) is 0 Å². The van der Waals surface area contributed by atoms with Gasteiger partial charge in [0.05, 0.1) is 18.8 Å². The number of ether oxygens (including phenoxy) is 1. The van der Waals surface area contributed by atoms with Crippen molar-refractivity contribution >= 4 is 28.9 Å². The SMILES string of the molecule is CCOc1ccccc1NC(=O)CN1C(=S)NC(C)(C)C[C@@H]1C. The lowest BCUT2D eigenvalue weighted by Crippen LogP contribution is -2.61. The maximum Gasteiger partial charge on any atom is 0.244 e. The molecule has 1 heterocycles. The highest BCUT2D eigenvalue weighted by atomic mass is 32.1. The summed E-state index contributed by atoms with van der Waals surface area (Å²) >= 11 is 5.41. The van der Waals surface area contributed by atoms with Crippen molar-refractivity contribution in [1.29, 1.82) is 0 Å². The van der Waals surface area contributed by atoms with Crippen LogP contribution < -0.4 is 15.4 Å². The lowest BCUT2D eigenvalue weighted by molar-refractivity contribution is -0.117. The van der Waals surface area contributed by atoms with E-state index in [4.69, 9.17) is 17.0 Å².